The molecule has 1 rings (SSSR count). The van der Waals surface area contributed by atoms with Gasteiger partial charge in [-0.2, -0.15) is 0 Å². The predicted octanol–water partition coefficient (Wildman–Crippen LogP) is 0.446. The van der Waals surface area contributed by atoms with Crippen molar-refractivity contribution in [1.82, 2.24) is 0 Å². The lowest BCUT2D eigenvalue weighted by molar-refractivity contribution is -0.906. The number of hydrogen-bond acceptors (Lipinski definition) is 0. The Balaban J connectivity index is 0.00000289. The molecule has 0 atom stereocenters. The van der Waals surface area contributed by atoms with Gasteiger partial charge in [-0.15, -0.1) is 0 Å². The maximum atomic E-state index is 2.33. The summed E-state index contributed by atoms with van der Waals surface area (Å²) < 4.78 is 0. The van der Waals surface area contributed by atoms with E-state index in [1.54, 1.807) is 0 Å². The van der Waals surface area contributed by atoms with Gasteiger partial charge in [0.15, 0.2) is 0 Å². The number of nitrogens with one attached hydrogen (secondary N) is 1. The van der Waals surface area contributed by atoms with E-state index in [2.05, 4.69) is 13.8 Å². The second-order valence-corrected chi connectivity index (χ2v) is 6.00. The van der Waals surface area contributed by atoms with Gasteiger partial charge in [0.25, 0.3) is 0 Å². The molecule has 1 nitrogen and oxygen atoms in total. The van der Waals surface area contributed by atoms with Gasteiger partial charge in [0.1, 0.15) is 0 Å². The highest BCUT2D eigenvalue weighted by atomic mass is 35.5. The Morgan fingerprint density at radius 3 is 2.06 bits per heavy atom. The molecule has 2 heteroatoms. The zero-order chi connectivity index (χ0) is 12.3. The molecule has 1 aliphatic heterocycles. The first-order valence-electron chi connectivity index (χ1n) is 8.20. The van der Waals surface area contributed by atoms with Crippen molar-refractivity contribution in [2.75, 3.05) is 19.6 Å². The van der Waals surface area contributed by atoms with Crippen molar-refractivity contribution in [2.45, 2.75) is 78.1 Å². The van der Waals surface area contributed by atoms with Crippen LogP contribution in [0, 0.1) is 5.92 Å². The SMILES string of the molecule is CCCCCCCC[NH+]1CCC(CCC)CC1.[Cl-]. The lowest BCUT2D eigenvalue weighted by Gasteiger charge is -2.29. The predicted molar refractivity (Wildman–Crippen MR) is 76.6 cm³/mol. The van der Waals surface area contributed by atoms with Gasteiger partial charge in [-0.25, -0.2) is 0 Å². The zero-order valence-electron chi connectivity index (χ0n) is 12.6. The molecule has 1 N–H and O–H groups in total. The fourth-order valence-corrected chi connectivity index (χ4v) is 3.19. The molecule has 18 heavy (non-hydrogen) atoms. The number of halogens is 1. The number of quaternary nitrogens is 1. The van der Waals surface area contributed by atoms with Gasteiger partial charge < -0.3 is 17.3 Å². The molecule has 0 aliphatic carbocycles. The van der Waals surface area contributed by atoms with Crippen molar-refractivity contribution in [3.63, 3.8) is 0 Å². The number of hydrogen-bond donors (Lipinski definition) is 1. The summed E-state index contributed by atoms with van der Waals surface area (Å²) in [4.78, 5) is 1.90. The van der Waals surface area contributed by atoms with Crippen molar-refractivity contribution in [3.8, 4) is 0 Å². The minimum atomic E-state index is 0. The first kappa shape index (κ1) is 18.2. The van der Waals surface area contributed by atoms with Crippen LogP contribution in [0.1, 0.15) is 78.1 Å². The molecule has 0 aromatic rings. The summed E-state index contributed by atoms with van der Waals surface area (Å²) in [6.07, 6.45) is 14.6. The quantitative estimate of drug-likeness (QED) is 0.583. The van der Waals surface area contributed by atoms with Gasteiger partial charge in [-0.3, -0.25) is 0 Å². The van der Waals surface area contributed by atoms with E-state index in [0.29, 0.717) is 0 Å². The standard InChI is InChI=1S/C16H33N.ClH/c1-3-5-6-7-8-9-13-17-14-11-16(10-4-2)12-15-17;/h16H,3-15H2,1-2H3;1H. The molecule has 0 bridgehead atoms. The number of piperidine rings is 1. The molecular formula is C16H34ClN. The highest BCUT2D eigenvalue weighted by molar-refractivity contribution is 4.61. The Bertz CT molecular complexity index is 164. The smallest absolute Gasteiger partial charge is 0.0773 e. The van der Waals surface area contributed by atoms with E-state index < -0.39 is 0 Å². The van der Waals surface area contributed by atoms with E-state index >= 15 is 0 Å². The summed E-state index contributed by atoms with van der Waals surface area (Å²) in [5.41, 5.74) is 0. The first-order valence-corrected chi connectivity index (χ1v) is 8.20. The van der Waals surface area contributed by atoms with Crippen LogP contribution in [0.5, 0.6) is 0 Å². The molecule has 0 spiro atoms. The largest absolute Gasteiger partial charge is 1.00 e. The summed E-state index contributed by atoms with van der Waals surface area (Å²) >= 11 is 0. The van der Waals surface area contributed by atoms with E-state index in [1.165, 1.54) is 83.8 Å². The van der Waals surface area contributed by atoms with Crippen LogP contribution in [-0.2, 0) is 0 Å². The third-order valence-corrected chi connectivity index (χ3v) is 4.39. The number of rotatable bonds is 9. The topological polar surface area (TPSA) is 4.44 Å². The second-order valence-electron chi connectivity index (χ2n) is 6.00. The van der Waals surface area contributed by atoms with E-state index in [9.17, 15) is 0 Å². The van der Waals surface area contributed by atoms with E-state index in [-0.39, 0.29) is 12.4 Å². The van der Waals surface area contributed by atoms with Crippen LogP contribution in [0.2, 0.25) is 0 Å². The van der Waals surface area contributed by atoms with E-state index in [0.717, 1.165) is 5.92 Å². The van der Waals surface area contributed by atoms with Crippen LogP contribution in [-0.4, -0.2) is 19.6 Å². The van der Waals surface area contributed by atoms with Crippen LogP contribution in [0.25, 0.3) is 0 Å². The zero-order valence-corrected chi connectivity index (χ0v) is 13.4. The van der Waals surface area contributed by atoms with Crippen LogP contribution >= 0.6 is 0 Å². The maximum Gasteiger partial charge on any atom is 0.0773 e. The molecule has 0 aromatic heterocycles. The maximum absolute atomic E-state index is 2.33. The molecule has 1 aliphatic rings. The fraction of sp³-hybridized carbons (Fsp3) is 1.00. The molecule has 0 aromatic carbocycles. The molecule has 0 radical (unpaired) electrons. The highest BCUT2D eigenvalue weighted by Crippen LogP contribution is 2.15. The summed E-state index contributed by atoms with van der Waals surface area (Å²) in [6.45, 7) is 8.99. The Kier molecular flexibility index (Phi) is 12.5. The Morgan fingerprint density at radius 2 is 1.44 bits per heavy atom. The van der Waals surface area contributed by atoms with Gasteiger partial charge in [0.05, 0.1) is 19.6 Å². The first-order chi connectivity index (χ1) is 8.36. The highest BCUT2D eigenvalue weighted by Gasteiger charge is 2.20. The monoisotopic (exact) mass is 275 g/mol. The minimum absolute atomic E-state index is 0. The van der Waals surface area contributed by atoms with Crippen LogP contribution in [0.3, 0.4) is 0 Å². The molecule has 1 saturated heterocycles. The van der Waals surface area contributed by atoms with Crippen molar-refractivity contribution < 1.29 is 17.3 Å². The Labute approximate surface area is 121 Å². The van der Waals surface area contributed by atoms with Crippen LogP contribution in [0.15, 0.2) is 0 Å². The van der Waals surface area contributed by atoms with Gasteiger partial charge in [0, 0.05) is 0 Å². The lowest BCUT2D eigenvalue weighted by atomic mass is 9.92. The van der Waals surface area contributed by atoms with E-state index in [4.69, 9.17) is 0 Å². The summed E-state index contributed by atoms with van der Waals surface area (Å²) in [7, 11) is 0. The van der Waals surface area contributed by atoms with Gasteiger partial charge >= 0.3 is 0 Å². The number of likely N-dealkylation sites (tertiary alicyclic amines) is 1. The molecular weight excluding hydrogens is 242 g/mol. The normalized spacial score (nSPS) is 23.7. The molecule has 110 valence electrons. The fourth-order valence-electron chi connectivity index (χ4n) is 3.19. The van der Waals surface area contributed by atoms with Gasteiger partial charge in [-0.05, 0) is 31.6 Å². The molecule has 1 fully saturated rings. The molecule has 0 unspecified atom stereocenters. The van der Waals surface area contributed by atoms with Crippen molar-refractivity contribution in [2.24, 2.45) is 5.92 Å². The van der Waals surface area contributed by atoms with Crippen molar-refractivity contribution in [1.29, 1.82) is 0 Å². The Hall–Kier alpha value is 0.250. The van der Waals surface area contributed by atoms with Gasteiger partial charge in [0.2, 0.25) is 0 Å². The average molecular weight is 276 g/mol. The average Bonchev–Trinajstić information content (AvgIpc) is 2.36. The minimum Gasteiger partial charge on any atom is -1.00 e. The lowest BCUT2D eigenvalue weighted by Crippen LogP contribution is -3.13. The Morgan fingerprint density at radius 1 is 0.833 bits per heavy atom. The molecule has 0 saturated carbocycles. The molecule has 0 amide bonds. The summed E-state index contributed by atoms with van der Waals surface area (Å²) in [5.74, 6) is 1.06. The second kappa shape index (κ2) is 12.3. The van der Waals surface area contributed by atoms with Gasteiger partial charge in [-0.1, -0.05) is 52.4 Å². The van der Waals surface area contributed by atoms with Crippen molar-refractivity contribution >= 4 is 0 Å². The van der Waals surface area contributed by atoms with E-state index in [1.807, 2.05) is 4.90 Å². The third kappa shape index (κ3) is 8.37. The van der Waals surface area contributed by atoms with Crippen LogP contribution < -0.4 is 17.3 Å². The third-order valence-electron chi connectivity index (χ3n) is 4.39. The van der Waals surface area contributed by atoms with Crippen LogP contribution in [0.4, 0.5) is 0 Å². The summed E-state index contributed by atoms with van der Waals surface area (Å²) in [6, 6.07) is 0. The number of unbranched alkanes of at least 4 members (excludes halogenated alkanes) is 5. The molecule has 1 heterocycles. The summed E-state index contributed by atoms with van der Waals surface area (Å²) in [5, 5.41) is 0. The van der Waals surface area contributed by atoms with Crippen molar-refractivity contribution in [3.05, 3.63) is 0 Å².